The van der Waals surface area contributed by atoms with Gasteiger partial charge in [-0.05, 0) is 43.9 Å². The average Bonchev–Trinajstić information content (AvgIpc) is 2.89. The highest BCUT2D eigenvalue weighted by Gasteiger charge is 2.33. The molecule has 6 nitrogen and oxygen atoms in total. The zero-order chi connectivity index (χ0) is 21.4. The van der Waals surface area contributed by atoms with Crippen LogP contribution < -0.4 is 9.47 Å². The fraction of sp³-hybridized carbons (Fsp3) is 0.478. The number of β-amino-alcohol motifs (C(OH)–C–C–N with tert-alkyl or cyclic N) is 1. The molecule has 0 bridgehead atoms. The van der Waals surface area contributed by atoms with Gasteiger partial charge in [-0.15, -0.1) is 0 Å². The zero-order valence-electron chi connectivity index (χ0n) is 17.7. The molecule has 0 spiro atoms. The maximum Gasteiger partial charge on any atom is 0.134 e. The van der Waals surface area contributed by atoms with Gasteiger partial charge in [-0.2, -0.15) is 0 Å². The Labute approximate surface area is 177 Å². The lowest BCUT2D eigenvalue weighted by Crippen LogP contribution is -2.48. The summed E-state index contributed by atoms with van der Waals surface area (Å²) in [5.74, 6) is 0.872. The second-order valence-corrected chi connectivity index (χ2v) is 8.03. The maximum atomic E-state index is 13.3. The van der Waals surface area contributed by atoms with Crippen LogP contribution in [0.25, 0.3) is 0 Å². The van der Waals surface area contributed by atoms with Crippen molar-refractivity contribution in [2.75, 3.05) is 60.2 Å². The summed E-state index contributed by atoms with van der Waals surface area (Å²) < 4.78 is 30.3. The van der Waals surface area contributed by atoms with Crippen molar-refractivity contribution in [3.8, 4) is 11.5 Å². The van der Waals surface area contributed by atoms with Gasteiger partial charge in [-0.25, -0.2) is 4.39 Å². The van der Waals surface area contributed by atoms with E-state index < -0.39 is 5.60 Å². The van der Waals surface area contributed by atoms with Crippen molar-refractivity contribution < 1.29 is 23.7 Å². The third-order valence-electron chi connectivity index (χ3n) is 4.88. The summed E-state index contributed by atoms with van der Waals surface area (Å²) in [5.41, 5.74) is -0.0387. The fourth-order valence-corrected chi connectivity index (χ4v) is 3.29. The van der Waals surface area contributed by atoms with Crippen LogP contribution in [0.15, 0.2) is 48.5 Å². The molecule has 30 heavy (non-hydrogen) atoms. The molecular formula is C23H31FN2O4. The first-order valence-electron chi connectivity index (χ1n) is 10.2. The summed E-state index contributed by atoms with van der Waals surface area (Å²) in [5, 5.41) is 11.0. The van der Waals surface area contributed by atoms with E-state index in [4.69, 9.17) is 14.2 Å². The molecule has 3 rings (SSSR count). The normalized spacial score (nSPS) is 20.2. The molecule has 1 atom stereocenters. The molecule has 2 aromatic carbocycles. The lowest BCUT2D eigenvalue weighted by molar-refractivity contribution is -0.0647. The molecule has 0 saturated carbocycles. The largest absolute Gasteiger partial charge is 0.492 e. The molecule has 1 fully saturated rings. The minimum Gasteiger partial charge on any atom is -0.492 e. The van der Waals surface area contributed by atoms with Gasteiger partial charge >= 0.3 is 0 Å². The van der Waals surface area contributed by atoms with Gasteiger partial charge in [-0.1, -0.05) is 18.2 Å². The van der Waals surface area contributed by atoms with Gasteiger partial charge in [0.25, 0.3) is 0 Å². The highest BCUT2D eigenvalue weighted by atomic mass is 19.1. The van der Waals surface area contributed by atoms with Crippen LogP contribution in [-0.2, 0) is 11.3 Å². The summed E-state index contributed by atoms with van der Waals surface area (Å²) >= 11 is 0. The maximum absolute atomic E-state index is 13.3. The van der Waals surface area contributed by atoms with E-state index in [1.54, 1.807) is 12.1 Å². The minimum absolute atomic E-state index is 0.0333. The molecule has 1 aliphatic heterocycles. The smallest absolute Gasteiger partial charge is 0.134 e. The highest BCUT2D eigenvalue weighted by Crippen LogP contribution is 2.20. The first-order valence-corrected chi connectivity index (χ1v) is 10.2. The van der Waals surface area contributed by atoms with E-state index in [-0.39, 0.29) is 19.0 Å². The summed E-state index contributed by atoms with van der Waals surface area (Å²) in [6.07, 6.45) is 0. The second kappa shape index (κ2) is 10.7. The molecular weight excluding hydrogens is 387 g/mol. The molecule has 7 heteroatoms. The van der Waals surface area contributed by atoms with E-state index in [1.165, 1.54) is 12.1 Å². The number of benzene rings is 2. The van der Waals surface area contributed by atoms with Gasteiger partial charge in [0.1, 0.15) is 36.1 Å². The number of aliphatic hydroxyl groups is 1. The van der Waals surface area contributed by atoms with Gasteiger partial charge in [0, 0.05) is 32.2 Å². The Bertz CT molecular complexity index is 787. The Balaban J connectivity index is 1.54. The Kier molecular flexibility index (Phi) is 8.04. The first-order chi connectivity index (χ1) is 14.4. The Hall–Kier alpha value is -2.19. The van der Waals surface area contributed by atoms with E-state index in [2.05, 4.69) is 9.80 Å². The van der Waals surface area contributed by atoms with Crippen molar-refractivity contribution in [3.05, 3.63) is 59.9 Å². The van der Waals surface area contributed by atoms with Gasteiger partial charge in [0.05, 0.1) is 13.2 Å². The molecule has 0 amide bonds. The van der Waals surface area contributed by atoms with E-state index in [0.29, 0.717) is 38.6 Å². The lowest BCUT2D eigenvalue weighted by atomic mass is 10.1. The predicted molar refractivity (Wildman–Crippen MR) is 113 cm³/mol. The third-order valence-corrected chi connectivity index (χ3v) is 4.88. The quantitative estimate of drug-likeness (QED) is 0.675. The van der Waals surface area contributed by atoms with E-state index in [9.17, 15) is 9.50 Å². The summed E-state index contributed by atoms with van der Waals surface area (Å²) in [7, 11) is 4.03. The molecule has 164 valence electrons. The average molecular weight is 419 g/mol. The monoisotopic (exact) mass is 418 g/mol. The van der Waals surface area contributed by atoms with E-state index in [0.717, 1.165) is 17.9 Å². The highest BCUT2D eigenvalue weighted by molar-refractivity contribution is 5.27. The van der Waals surface area contributed by atoms with Gasteiger partial charge in [0.2, 0.25) is 0 Å². The Morgan fingerprint density at radius 3 is 2.67 bits per heavy atom. The zero-order valence-corrected chi connectivity index (χ0v) is 17.7. The molecule has 0 aromatic heterocycles. The molecule has 0 aliphatic carbocycles. The van der Waals surface area contributed by atoms with E-state index in [1.807, 2.05) is 38.4 Å². The number of nitrogens with zero attached hydrogens (tertiary/aromatic N) is 2. The molecule has 1 aliphatic rings. The summed E-state index contributed by atoms with van der Waals surface area (Å²) in [6, 6.07) is 13.9. The molecule has 1 heterocycles. The molecule has 2 aromatic rings. The van der Waals surface area contributed by atoms with Crippen molar-refractivity contribution >= 4 is 0 Å². The molecule has 0 radical (unpaired) electrons. The number of ether oxygens (including phenoxy) is 3. The number of hydrogen-bond donors (Lipinski definition) is 1. The van der Waals surface area contributed by atoms with Gasteiger partial charge < -0.3 is 24.2 Å². The molecule has 1 N–H and O–H groups in total. The second-order valence-electron chi connectivity index (χ2n) is 8.03. The summed E-state index contributed by atoms with van der Waals surface area (Å²) in [4.78, 5) is 4.22. The first kappa shape index (κ1) is 22.5. The predicted octanol–water partition coefficient (Wildman–Crippen LogP) is 2.41. The van der Waals surface area contributed by atoms with Crippen LogP contribution in [0.1, 0.15) is 5.56 Å². The Morgan fingerprint density at radius 1 is 1.13 bits per heavy atom. The van der Waals surface area contributed by atoms with Crippen LogP contribution in [0, 0.1) is 5.82 Å². The fourth-order valence-electron chi connectivity index (χ4n) is 3.29. The van der Waals surface area contributed by atoms with Crippen molar-refractivity contribution in [2.24, 2.45) is 0 Å². The van der Waals surface area contributed by atoms with Crippen LogP contribution in [0.3, 0.4) is 0 Å². The van der Waals surface area contributed by atoms with Crippen molar-refractivity contribution in [1.82, 2.24) is 9.80 Å². The van der Waals surface area contributed by atoms with Crippen LogP contribution >= 0.6 is 0 Å². The van der Waals surface area contributed by atoms with Gasteiger partial charge in [0.15, 0.2) is 0 Å². The van der Waals surface area contributed by atoms with Crippen molar-refractivity contribution in [3.63, 3.8) is 0 Å². The number of halogens is 1. The third kappa shape index (κ3) is 7.25. The van der Waals surface area contributed by atoms with Crippen molar-refractivity contribution in [1.29, 1.82) is 0 Å². The topological polar surface area (TPSA) is 54.4 Å². The molecule has 1 saturated heterocycles. The minimum atomic E-state index is -1.17. The Morgan fingerprint density at radius 2 is 1.93 bits per heavy atom. The van der Waals surface area contributed by atoms with Crippen LogP contribution in [0.4, 0.5) is 4.39 Å². The van der Waals surface area contributed by atoms with Crippen LogP contribution in [0.2, 0.25) is 0 Å². The van der Waals surface area contributed by atoms with E-state index >= 15 is 0 Å². The van der Waals surface area contributed by atoms with Crippen molar-refractivity contribution in [2.45, 2.75) is 12.1 Å². The van der Waals surface area contributed by atoms with Crippen LogP contribution in [0.5, 0.6) is 11.5 Å². The SMILES string of the molecule is CN(C)CCOc1ccc(CN2CCOC[C@@](O)(COc3cccc(F)c3)C2)cc1. The lowest BCUT2D eigenvalue weighted by Gasteiger charge is -2.30. The standard InChI is InChI=1S/C23H31FN2O4/c1-25(2)10-13-29-21-8-6-19(7-9-21)15-26-11-12-28-17-23(27,16-26)18-30-22-5-3-4-20(24)14-22/h3-9,14,27H,10-13,15-18H2,1-2H3/t23-/m1/s1. The number of rotatable bonds is 9. The molecule has 0 unspecified atom stereocenters. The van der Waals surface area contributed by atoms with Crippen LogP contribution in [-0.4, -0.2) is 80.7 Å². The summed E-state index contributed by atoms with van der Waals surface area (Å²) in [6.45, 7) is 4.06. The number of likely N-dealkylation sites (N-methyl/N-ethyl adjacent to an activating group) is 1. The van der Waals surface area contributed by atoms with Gasteiger partial charge in [-0.3, -0.25) is 4.90 Å². The number of hydrogen-bond acceptors (Lipinski definition) is 6.